The van der Waals surface area contributed by atoms with Crippen LogP contribution in [0.5, 0.6) is 5.88 Å². The number of rotatable bonds is 1. The van der Waals surface area contributed by atoms with Crippen molar-refractivity contribution in [3.8, 4) is 5.88 Å². The number of ether oxygens (including phenoxy) is 2. The Balaban J connectivity index is 1.75. The molecule has 2 fully saturated rings. The van der Waals surface area contributed by atoms with Crippen molar-refractivity contribution in [1.29, 1.82) is 0 Å². The first-order valence-electron chi connectivity index (χ1n) is 12.2. The summed E-state index contributed by atoms with van der Waals surface area (Å²) in [6, 6.07) is -2.09. The molecule has 0 radical (unpaired) electrons. The molecular formula is C21H25ClFN5O5S. The summed E-state index contributed by atoms with van der Waals surface area (Å²) >= 11 is 5.97. The molecule has 2 aromatic rings. The zero-order valence-corrected chi connectivity index (χ0v) is 20.4. The molecule has 184 valence electrons. The van der Waals surface area contributed by atoms with Crippen LogP contribution >= 0.6 is 11.6 Å². The van der Waals surface area contributed by atoms with Crippen LogP contribution in [0.1, 0.15) is 44.6 Å². The highest BCUT2D eigenvalue weighted by Crippen LogP contribution is 2.45. The monoisotopic (exact) mass is 516 g/mol. The Morgan fingerprint density at radius 1 is 1.29 bits per heavy atom. The van der Waals surface area contributed by atoms with Crippen LogP contribution in [0.25, 0.3) is 10.9 Å². The number of nitrogens with zero attached hydrogens (tertiary/aromatic N) is 5. The molecule has 0 spiro atoms. The first-order valence-corrected chi connectivity index (χ1v) is 13.0. The van der Waals surface area contributed by atoms with Crippen molar-refractivity contribution in [2.75, 3.05) is 17.7 Å². The van der Waals surface area contributed by atoms with Crippen LogP contribution in [0.4, 0.5) is 15.0 Å². The number of sulfone groups is 1. The molecule has 34 heavy (non-hydrogen) atoms. The summed E-state index contributed by atoms with van der Waals surface area (Å²) in [5, 5.41) is -1.40. The predicted octanol–water partition coefficient (Wildman–Crippen LogP) is 2.96. The number of piperazine rings is 1. The third-order valence-electron chi connectivity index (χ3n) is 6.14. The molecule has 0 N–H and O–H groups in total. The fraction of sp³-hybridized carbons (Fsp3) is 0.619. The van der Waals surface area contributed by atoms with Crippen LogP contribution in [-0.2, 0) is 14.6 Å². The predicted molar refractivity (Wildman–Crippen MR) is 122 cm³/mol. The van der Waals surface area contributed by atoms with Gasteiger partial charge in [0.05, 0.1) is 18.1 Å². The molecule has 0 unspecified atom stereocenters. The molecule has 2 aromatic heterocycles. The van der Waals surface area contributed by atoms with Gasteiger partial charge in [-0.25, -0.2) is 27.6 Å². The summed E-state index contributed by atoms with van der Waals surface area (Å²) in [7, 11) is -4.01. The van der Waals surface area contributed by atoms with Crippen LogP contribution in [0, 0.1) is 5.82 Å². The molecule has 3 aliphatic rings. The topological polar surface area (TPSA) is 115 Å². The van der Waals surface area contributed by atoms with Crippen molar-refractivity contribution >= 4 is 44.3 Å². The molecule has 5 heterocycles. The molecule has 3 aliphatic heterocycles. The number of halogens is 2. The molecule has 1 amide bonds. The van der Waals surface area contributed by atoms with E-state index in [1.807, 2.05) is 0 Å². The number of fused-ring (bicyclic) bond motifs is 5. The van der Waals surface area contributed by atoms with Crippen molar-refractivity contribution < 1.29 is 31.2 Å². The molecule has 2 bridgehead atoms. The van der Waals surface area contributed by atoms with Gasteiger partial charge < -0.3 is 14.4 Å². The molecule has 0 aliphatic carbocycles. The van der Waals surface area contributed by atoms with Crippen LogP contribution < -0.4 is 9.64 Å². The summed E-state index contributed by atoms with van der Waals surface area (Å²) in [5.74, 6) is -1.45. The lowest BCUT2D eigenvalue weighted by molar-refractivity contribution is 0.000949. The second-order valence-corrected chi connectivity index (χ2v) is 12.0. The van der Waals surface area contributed by atoms with Gasteiger partial charge in [0.2, 0.25) is 20.9 Å². The summed E-state index contributed by atoms with van der Waals surface area (Å²) in [5.41, 5.74) is -1.23. The molecule has 13 heteroatoms. The number of hydrogen-bond acceptors (Lipinski definition) is 9. The van der Waals surface area contributed by atoms with Crippen LogP contribution in [-0.4, -0.2) is 77.0 Å². The number of hydrogen-bond donors (Lipinski definition) is 0. The fourth-order valence-electron chi connectivity index (χ4n) is 4.90. The quantitative estimate of drug-likeness (QED) is 0.416. The zero-order valence-electron chi connectivity index (χ0n) is 21.9. The average Bonchev–Trinajstić information content (AvgIpc) is 2.98. The van der Waals surface area contributed by atoms with E-state index < -0.39 is 74.3 Å². The van der Waals surface area contributed by atoms with Crippen molar-refractivity contribution in [3.63, 3.8) is 0 Å². The van der Waals surface area contributed by atoms with Crippen molar-refractivity contribution in [2.45, 2.75) is 75.5 Å². The van der Waals surface area contributed by atoms with Gasteiger partial charge in [-0.15, -0.1) is 0 Å². The van der Waals surface area contributed by atoms with Gasteiger partial charge in [0.15, 0.2) is 11.0 Å². The largest absolute Gasteiger partial charge is 0.472 e. The van der Waals surface area contributed by atoms with Crippen LogP contribution in [0.2, 0.25) is 5.15 Å². The zero-order chi connectivity index (χ0) is 27.2. The van der Waals surface area contributed by atoms with E-state index in [2.05, 4.69) is 15.0 Å². The smallest absolute Gasteiger partial charge is 0.410 e. The lowest BCUT2D eigenvalue weighted by Gasteiger charge is -2.48. The molecule has 2 saturated heterocycles. The van der Waals surface area contributed by atoms with E-state index >= 15 is 4.39 Å². The summed E-state index contributed by atoms with van der Waals surface area (Å²) in [6.07, 6.45) is -0.287. The van der Waals surface area contributed by atoms with Crippen molar-refractivity contribution in [1.82, 2.24) is 19.9 Å². The van der Waals surface area contributed by atoms with Crippen molar-refractivity contribution in [2.24, 2.45) is 0 Å². The van der Waals surface area contributed by atoms with Crippen LogP contribution in [0.3, 0.4) is 0 Å². The molecule has 5 rings (SSSR count). The van der Waals surface area contributed by atoms with Gasteiger partial charge in [-0.05, 0) is 40.5 Å². The van der Waals surface area contributed by atoms with E-state index in [0.717, 1.165) is 6.26 Å². The first-order chi connectivity index (χ1) is 17.0. The lowest BCUT2D eigenvalue weighted by atomic mass is 9.98. The Hall–Kier alpha value is -2.47. The Morgan fingerprint density at radius 2 is 2.03 bits per heavy atom. The maximum atomic E-state index is 15.1. The lowest BCUT2D eigenvalue weighted by Crippen LogP contribution is -2.65. The number of pyridine rings is 1. The molecule has 10 nitrogen and oxygen atoms in total. The summed E-state index contributed by atoms with van der Waals surface area (Å²) < 4.78 is 76.3. The summed E-state index contributed by atoms with van der Waals surface area (Å²) in [6.45, 7) is 2.55. The van der Waals surface area contributed by atoms with Gasteiger partial charge in [-0.1, -0.05) is 11.6 Å². The second-order valence-electron chi connectivity index (χ2n) is 9.71. The van der Waals surface area contributed by atoms with Gasteiger partial charge in [-0.3, -0.25) is 4.90 Å². The third-order valence-corrected chi connectivity index (χ3v) is 7.23. The minimum Gasteiger partial charge on any atom is -0.472 e. The highest BCUT2D eigenvalue weighted by atomic mass is 35.5. The summed E-state index contributed by atoms with van der Waals surface area (Å²) in [4.78, 5) is 28.4. The highest BCUT2D eigenvalue weighted by molar-refractivity contribution is 7.90. The maximum absolute atomic E-state index is 15.1. The Kier molecular flexibility index (Phi) is 4.37. The molecule has 0 saturated carbocycles. The van der Waals surface area contributed by atoms with Gasteiger partial charge >= 0.3 is 6.09 Å². The number of carbonyl (C=O) groups excluding carboxylic acids is 1. The Morgan fingerprint density at radius 3 is 2.68 bits per heavy atom. The number of amides is 1. The first kappa shape index (κ1) is 19.8. The van der Waals surface area contributed by atoms with E-state index in [1.54, 1.807) is 25.7 Å². The van der Waals surface area contributed by atoms with E-state index in [4.69, 9.17) is 25.2 Å². The maximum Gasteiger partial charge on any atom is 0.410 e. The van der Waals surface area contributed by atoms with Crippen molar-refractivity contribution in [3.05, 3.63) is 11.0 Å². The second kappa shape index (κ2) is 7.51. The van der Waals surface area contributed by atoms with Gasteiger partial charge in [0.25, 0.3) is 0 Å². The standard InChI is InChI=1S/C21H25ClFN5O5S/c1-9-15-11-7-6-10(28(11)20(29)33-21(2,3)4)8-27(15)17-12-14(24-19(26-17)34(5,30)31)13(23)16(22)25-18(12)32-9/h9-11,15H,6-8H2,1-5H3/t9-,10+,11-,15+/m0/s1/i1D3. The minimum absolute atomic E-state index is 0.0408. The third kappa shape index (κ3) is 3.62. The Bertz CT molecular complexity index is 1420. The number of aromatic nitrogens is 3. The average molecular weight is 517 g/mol. The van der Waals surface area contributed by atoms with Gasteiger partial charge in [0.1, 0.15) is 28.4 Å². The van der Waals surface area contributed by atoms with E-state index in [0.29, 0.717) is 12.8 Å². The molecular weight excluding hydrogens is 489 g/mol. The molecule has 0 aromatic carbocycles. The number of carbonyl (C=O) groups is 1. The number of anilines is 1. The van der Waals surface area contributed by atoms with E-state index in [1.165, 1.54) is 4.90 Å². The van der Waals surface area contributed by atoms with Crippen LogP contribution in [0.15, 0.2) is 5.16 Å². The minimum atomic E-state index is -4.01. The highest BCUT2D eigenvalue weighted by Gasteiger charge is 2.53. The van der Waals surface area contributed by atoms with Gasteiger partial charge in [-0.2, -0.15) is 4.98 Å². The van der Waals surface area contributed by atoms with Gasteiger partial charge in [0, 0.05) is 16.9 Å². The SMILES string of the molecule is [2H]C([2H])([2H])[C@@H]1Oc2nc(Cl)c(F)c3nc(S(C)(=O)=O)nc(c23)N2C[C@H]3CC[C@@H]([C@@H]12)N3C(=O)OC(C)(C)C. The normalized spacial score (nSPS) is 27.9. The fourth-order valence-corrected chi connectivity index (χ4v) is 5.58. The Labute approximate surface area is 205 Å². The molecule has 4 atom stereocenters. The van der Waals surface area contributed by atoms with E-state index in [-0.39, 0.29) is 23.6 Å². The van der Waals surface area contributed by atoms with E-state index in [9.17, 15) is 13.2 Å².